The molecule has 1 heterocycles. The molecule has 1 aromatic heterocycles. The standard InChI is InChI=1S/C18H21N3/c1-3-18-20-16-9-4-13(2)12-17(16)21(18)15-7-5-14(6-8-15)10-11-19/h4-9,12H,3,10-11,19H2,1-2H3. The summed E-state index contributed by atoms with van der Waals surface area (Å²) in [6.45, 7) is 4.95. The van der Waals surface area contributed by atoms with E-state index in [9.17, 15) is 0 Å². The second-order valence-electron chi connectivity index (χ2n) is 5.41. The fraction of sp³-hybridized carbons (Fsp3) is 0.278. The lowest BCUT2D eigenvalue weighted by atomic mass is 10.1. The zero-order valence-electron chi connectivity index (χ0n) is 12.6. The van der Waals surface area contributed by atoms with Crippen molar-refractivity contribution in [2.45, 2.75) is 26.7 Å². The van der Waals surface area contributed by atoms with Gasteiger partial charge < -0.3 is 5.73 Å². The highest BCUT2D eigenvalue weighted by Gasteiger charge is 2.11. The quantitative estimate of drug-likeness (QED) is 0.795. The van der Waals surface area contributed by atoms with E-state index in [-0.39, 0.29) is 0 Å². The third kappa shape index (κ3) is 2.57. The number of fused-ring (bicyclic) bond motifs is 1. The smallest absolute Gasteiger partial charge is 0.114 e. The normalized spacial score (nSPS) is 11.2. The second-order valence-corrected chi connectivity index (χ2v) is 5.41. The fourth-order valence-corrected chi connectivity index (χ4v) is 2.74. The van der Waals surface area contributed by atoms with Crippen molar-refractivity contribution in [3.8, 4) is 5.69 Å². The molecular formula is C18H21N3. The van der Waals surface area contributed by atoms with Crippen LogP contribution in [0, 0.1) is 6.92 Å². The van der Waals surface area contributed by atoms with Crippen molar-refractivity contribution in [3.05, 3.63) is 59.4 Å². The molecule has 0 atom stereocenters. The topological polar surface area (TPSA) is 43.8 Å². The van der Waals surface area contributed by atoms with E-state index in [2.05, 4.69) is 60.9 Å². The molecule has 108 valence electrons. The first-order valence-corrected chi connectivity index (χ1v) is 7.50. The molecule has 0 bridgehead atoms. The third-order valence-corrected chi connectivity index (χ3v) is 3.82. The summed E-state index contributed by atoms with van der Waals surface area (Å²) >= 11 is 0. The maximum absolute atomic E-state index is 5.61. The summed E-state index contributed by atoms with van der Waals surface area (Å²) in [5.41, 5.74) is 11.6. The van der Waals surface area contributed by atoms with E-state index in [0.717, 1.165) is 24.2 Å². The Labute approximate surface area is 125 Å². The minimum atomic E-state index is 0.687. The van der Waals surface area contributed by atoms with Gasteiger partial charge in [0.2, 0.25) is 0 Å². The molecule has 0 saturated carbocycles. The Morgan fingerprint density at radius 1 is 1.10 bits per heavy atom. The molecule has 21 heavy (non-hydrogen) atoms. The number of imidazole rings is 1. The Balaban J connectivity index is 2.15. The van der Waals surface area contributed by atoms with Crippen LogP contribution < -0.4 is 5.73 Å². The lowest BCUT2D eigenvalue weighted by molar-refractivity contribution is 0.905. The summed E-state index contributed by atoms with van der Waals surface area (Å²) in [5, 5.41) is 0. The van der Waals surface area contributed by atoms with Gasteiger partial charge in [0.05, 0.1) is 11.0 Å². The van der Waals surface area contributed by atoms with Crippen LogP contribution in [-0.4, -0.2) is 16.1 Å². The number of benzene rings is 2. The van der Waals surface area contributed by atoms with Crippen molar-refractivity contribution < 1.29 is 0 Å². The summed E-state index contributed by atoms with van der Waals surface area (Å²) in [5.74, 6) is 1.10. The Hall–Kier alpha value is -2.13. The molecule has 0 radical (unpaired) electrons. The molecule has 0 fully saturated rings. The first-order valence-electron chi connectivity index (χ1n) is 7.50. The van der Waals surface area contributed by atoms with Gasteiger partial charge in [0.1, 0.15) is 5.82 Å². The molecule has 0 amide bonds. The van der Waals surface area contributed by atoms with Gasteiger partial charge in [-0.15, -0.1) is 0 Å². The maximum Gasteiger partial charge on any atom is 0.114 e. The Kier molecular flexibility index (Phi) is 3.76. The van der Waals surface area contributed by atoms with Crippen molar-refractivity contribution in [1.82, 2.24) is 9.55 Å². The molecule has 3 heteroatoms. The highest BCUT2D eigenvalue weighted by Crippen LogP contribution is 2.23. The van der Waals surface area contributed by atoms with Crippen LogP contribution in [0.5, 0.6) is 0 Å². The Morgan fingerprint density at radius 2 is 1.86 bits per heavy atom. The largest absolute Gasteiger partial charge is 0.330 e. The van der Waals surface area contributed by atoms with Crippen LogP contribution in [0.2, 0.25) is 0 Å². The van der Waals surface area contributed by atoms with E-state index in [1.165, 1.54) is 22.3 Å². The lowest BCUT2D eigenvalue weighted by Gasteiger charge is -2.09. The molecule has 0 aliphatic rings. The van der Waals surface area contributed by atoms with Crippen molar-refractivity contribution in [2.75, 3.05) is 6.54 Å². The number of nitrogens with zero attached hydrogens (tertiary/aromatic N) is 2. The molecule has 0 saturated heterocycles. The predicted molar refractivity (Wildman–Crippen MR) is 87.9 cm³/mol. The molecule has 0 aliphatic carbocycles. The number of hydrogen-bond acceptors (Lipinski definition) is 2. The van der Waals surface area contributed by atoms with Crippen LogP contribution >= 0.6 is 0 Å². The van der Waals surface area contributed by atoms with Crippen LogP contribution in [0.15, 0.2) is 42.5 Å². The van der Waals surface area contributed by atoms with Gasteiger partial charge in [0, 0.05) is 12.1 Å². The molecule has 0 unspecified atom stereocenters. The van der Waals surface area contributed by atoms with Gasteiger partial charge in [0.15, 0.2) is 0 Å². The van der Waals surface area contributed by atoms with Crippen molar-refractivity contribution >= 4 is 11.0 Å². The first-order chi connectivity index (χ1) is 10.2. The number of nitrogens with two attached hydrogens (primary N) is 1. The minimum absolute atomic E-state index is 0.687. The van der Waals surface area contributed by atoms with Gasteiger partial charge in [-0.1, -0.05) is 25.1 Å². The van der Waals surface area contributed by atoms with Gasteiger partial charge >= 0.3 is 0 Å². The predicted octanol–water partition coefficient (Wildman–Crippen LogP) is 3.40. The fourth-order valence-electron chi connectivity index (χ4n) is 2.74. The summed E-state index contributed by atoms with van der Waals surface area (Å²) < 4.78 is 2.26. The van der Waals surface area contributed by atoms with Crippen LogP contribution in [0.3, 0.4) is 0 Å². The minimum Gasteiger partial charge on any atom is -0.330 e. The van der Waals surface area contributed by atoms with E-state index in [0.29, 0.717) is 6.54 Å². The summed E-state index contributed by atoms with van der Waals surface area (Å²) in [6, 6.07) is 15.1. The van der Waals surface area contributed by atoms with Crippen molar-refractivity contribution in [1.29, 1.82) is 0 Å². The zero-order valence-corrected chi connectivity index (χ0v) is 12.6. The highest BCUT2D eigenvalue weighted by atomic mass is 15.1. The summed E-state index contributed by atoms with van der Waals surface area (Å²) in [4.78, 5) is 4.75. The van der Waals surface area contributed by atoms with E-state index < -0.39 is 0 Å². The number of aromatic nitrogens is 2. The molecule has 2 N–H and O–H groups in total. The molecule has 2 aromatic carbocycles. The van der Waals surface area contributed by atoms with Gasteiger partial charge in [-0.2, -0.15) is 0 Å². The van der Waals surface area contributed by atoms with Crippen LogP contribution in [0.1, 0.15) is 23.9 Å². The van der Waals surface area contributed by atoms with Gasteiger partial charge in [-0.25, -0.2) is 4.98 Å². The molecule has 3 nitrogen and oxygen atoms in total. The van der Waals surface area contributed by atoms with Gasteiger partial charge in [0.25, 0.3) is 0 Å². The van der Waals surface area contributed by atoms with Gasteiger partial charge in [-0.3, -0.25) is 4.57 Å². The Morgan fingerprint density at radius 3 is 2.52 bits per heavy atom. The number of rotatable bonds is 4. The number of aryl methyl sites for hydroxylation is 2. The maximum atomic E-state index is 5.61. The van der Waals surface area contributed by atoms with Gasteiger partial charge in [-0.05, 0) is 55.3 Å². The summed E-state index contributed by atoms with van der Waals surface area (Å²) in [6.07, 6.45) is 1.84. The van der Waals surface area contributed by atoms with Crippen LogP contribution in [0.25, 0.3) is 16.7 Å². The van der Waals surface area contributed by atoms with Crippen molar-refractivity contribution in [3.63, 3.8) is 0 Å². The van der Waals surface area contributed by atoms with Crippen molar-refractivity contribution in [2.24, 2.45) is 5.73 Å². The lowest BCUT2D eigenvalue weighted by Crippen LogP contribution is -2.03. The average Bonchev–Trinajstić information content (AvgIpc) is 2.86. The van der Waals surface area contributed by atoms with Crippen LogP contribution in [-0.2, 0) is 12.8 Å². The van der Waals surface area contributed by atoms with E-state index >= 15 is 0 Å². The molecular weight excluding hydrogens is 258 g/mol. The first kappa shape index (κ1) is 13.8. The highest BCUT2D eigenvalue weighted by molar-refractivity contribution is 5.79. The summed E-state index contributed by atoms with van der Waals surface area (Å²) in [7, 11) is 0. The monoisotopic (exact) mass is 279 g/mol. The average molecular weight is 279 g/mol. The van der Waals surface area contributed by atoms with E-state index in [4.69, 9.17) is 10.7 Å². The third-order valence-electron chi connectivity index (χ3n) is 3.82. The van der Waals surface area contributed by atoms with E-state index in [1.54, 1.807) is 0 Å². The molecule has 3 aromatic rings. The molecule has 0 spiro atoms. The molecule has 0 aliphatic heterocycles. The SMILES string of the molecule is CCc1nc2ccc(C)cc2n1-c1ccc(CCN)cc1. The van der Waals surface area contributed by atoms with Crippen LogP contribution in [0.4, 0.5) is 0 Å². The van der Waals surface area contributed by atoms with E-state index in [1.807, 2.05) is 0 Å². The molecule has 3 rings (SSSR count). The second kappa shape index (κ2) is 5.70. The number of hydrogen-bond donors (Lipinski definition) is 1. The Bertz CT molecular complexity index is 754. The zero-order chi connectivity index (χ0) is 14.8.